The number of hydrogen-bond acceptors (Lipinski definition) is 11. The van der Waals surface area contributed by atoms with Crippen LogP contribution in [0.15, 0.2) is 6.07 Å². The van der Waals surface area contributed by atoms with E-state index in [2.05, 4.69) is 10.6 Å². The summed E-state index contributed by atoms with van der Waals surface area (Å²) < 4.78 is 0. The summed E-state index contributed by atoms with van der Waals surface area (Å²) in [6.07, 6.45) is 2.36. The van der Waals surface area contributed by atoms with Gasteiger partial charge in [-0.3, -0.25) is 28.9 Å². The van der Waals surface area contributed by atoms with Gasteiger partial charge in [0.15, 0.2) is 34.7 Å². The highest BCUT2D eigenvalue weighted by atomic mass is 16.3. The monoisotopic (exact) mass is 583 g/mol. The first-order valence-corrected chi connectivity index (χ1v) is 14.6. The zero-order valence-corrected chi connectivity index (χ0v) is 24.6. The number of hydrogen-bond donors (Lipinski definition) is 5. The molecule has 1 heterocycles. The van der Waals surface area contributed by atoms with Gasteiger partial charge in [-0.2, -0.15) is 0 Å². The summed E-state index contributed by atoms with van der Waals surface area (Å²) in [5, 5.41) is 29.9. The molecule has 0 radical (unpaired) electrons. The first-order valence-electron chi connectivity index (χ1n) is 14.6. The Morgan fingerprint density at radius 3 is 2.38 bits per heavy atom. The normalized spacial score (nSPS) is 31.5. The number of ketones is 4. The number of nitrogens with two attached hydrogens (primary N) is 1. The van der Waals surface area contributed by atoms with Crippen molar-refractivity contribution in [2.45, 2.75) is 43.9 Å². The molecule has 3 aliphatic carbocycles. The van der Waals surface area contributed by atoms with Gasteiger partial charge in [0.2, 0.25) is 5.91 Å². The Bertz CT molecular complexity index is 1340. The minimum Gasteiger partial charge on any atom is -0.507 e. The van der Waals surface area contributed by atoms with Crippen molar-refractivity contribution in [1.29, 1.82) is 0 Å². The highest BCUT2D eigenvalue weighted by Gasteiger charge is 2.69. The van der Waals surface area contributed by atoms with E-state index in [0.29, 0.717) is 23.6 Å². The van der Waals surface area contributed by atoms with Gasteiger partial charge in [0.1, 0.15) is 5.75 Å². The molecule has 1 saturated heterocycles. The molecule has 6 atom stereocenters. The zero-order valence-electron chi connectivity index (χ0n) is 24.6. The van der Waals surface area contributed by atoms with Gasteiger partial charge in [-0.05, 0) is 82.9 Å². The van der Waals surface area contributed by atoms with E-state index < -0.39 is 64.4 Å². The second kappa shape index (κ2) is 11.1. The van der Waals surface area contributed by atoms with Crippen molar-refractivity contribution in [3.63, 3.8) is 0 Å². The number of nitrogens with one attached hydrogen (secondary N) is 2. The molecule has 228 valence electrons. The molecule has 0 aromatic heterocycles. The number of aromatic hydroxyl groups is 1. The second-order valence-corrected chi connectivity index (χ2v) is 12.8. The predicted molar refractivity (Wildman–Crippen MR) is 153 cm³/mol. The highest BCUT2D eigenvalue weighted by molar-refractivity contribution is 6.32. The van der Waals surface area contributed by atoms with E-state index in [0.717, 1.165) is 38.2 Å². The number of Topliss-reactive ketones (excluding diaryl/α,β-unsaturated/α-hetero) is 4. The average Bonchev–Trinajstić information content (AvgIpc) is 2.92. The smallest absolute Gasteiger partial charge is 0.235 e. The summed E-state index contributed by atoms with van der Waals surface area (Å²) in [6, 6.07) is 0.730. The van der Waals surface area contributed by atoms with E-state index in [9.17, 15) is 34.2 Å². The largest absolute Gasteiger partial charge is 0.507 e. The fraction of sp³-hybridized carbons (Fsp3) is 0.633. The molecular formula is C30H41N5O7. The number of likely N-dealkylation sites (N-methyl/N-ethyl adjacent to an activating group) is 1. The summed E-state index contributed by atoms with van der Waals surface area (Å²) in [5.41, 5.74) is 4.52. The Labute approximate surface area is 245 Å². The molecule has 12 heteroatoms. The number of carbonyl (C=O) groups is 5. The number of amides is 1. The van der Waals surface area contributed by atoms with Crippen LogP contribution in [0.5, 0.6) is 5.75 Å². The van der Waals surface area contributed by atoms with Crippen molar-refractivity contribution in [3.05, 3.63) is 22.8 Å². The van der Waals surface area contributed by atoms with Gasteiger partial charge in [0.25, 0.3) is 0 Å². The maximum Gasteiger partial charge on any atom is 0.235 e. The predicted octanol–water partition coefficient (Wildman–Crippen LogP) is -0.978. The fourth-order valence-electron chi connectivity index (χ4n) is 7.74. The maximum atomic E-state index is 14.1. The van der Waals surface area contributed by atoms with Crippen molar-refractivity contribution in [1.82, 2.24) is 15.5 Å². The Morgan fingerprint density at radius 2 is 1.79 bits per heavy atom. The van der Waals surface area contributed by atoms with E-state index in [1.165, 1.54) is 4.90 Å². The molecule has 1 aliphatic heterocycles. The number of anilines is 1. The lowest BCUT2D eigenvalue weighted by molar-refractivity contribution is -0.181. The topological polar surface area (TPSA) is 182 Å². The van der Waals surface area contributed by atoms with Crippen molar-refractivity contribution >= 4 is 34.7 Å². The lowest BCUT2D eigenvalue weighted by Gasteiger charge is -2.52. The van der Waals surface area contributed by atoms with Gasteiger partial charge in [0.05, 0.1) is 17.5 Å². The van der Waals surface area contributed by atoms with Crippen molar-refractivity contribution in [2.24, 2.45) is 35.3 Å². The summed E-state index contributed by atoms with van der Waals surface area (Å²) in [7, 11) is 6.81. The van der Waals surface area contributed by atoms with Gasteiger partial charge >= 0.3 is 0 Å². The number of fused-ring (bicyclic) bond motifs is 3. The van der Waals surface area contributed by atoms with E-state index in [1.807, 2.05) is 25.1 Å². The minimum absolute atomic E-state index is 0.0199. The number of rotatable bonds is 7. The molecule has 0 spiro atoms. The zero-order chi connectivity index (χ0) is 30.7. The summed E-state index contributed by atoms with van der Waals surface area (Å²) in [5.74, 6) is -9.84. The Morgan fingerprint density at radius 1 is 1.12 bits per heavy atom. The van der Waals surface area contributed by atoms with E-state index in [4.69, 9.17) is 5.73 Å². The number of carbonyl (C=O) groups excluding carboxylic acids is 5. The lowest BCUT2D eigenvalue weighted by atomic mass is 9.52. The third-order valence-corrected chi connectivity index (χ3v) is 9.81. The van der Waals surface area contributed by atoms with Gasteiger partial charge in [-0.1, -0.05) is 0 Å². The quantitative estimate of drug-likeness (QED) is 0.249. The number of piperidine rings is 1. The molecule has 12 nitrogen and oxygen atoms in total. The molecule has 2 saturated carbocycles. The molecule has 6 N–H and O–H groups in total. The molecule has 42 heavy (non-hydrogen) atoms. The van der Waals surface area contributed by atoms with E-state index >= 15 is 0 Å². The highest BCUT2D eigenvalue weighted by Crippen LogP contribution is 2.52. The van der Waals surface area contributed by atoms with Crippen LogP contribution in [0.2, 0.25) is 0 Å². The summed E-state index contributed by atoms with van der Waals surface area (Å²) in [4.78, 5) is 70.4. The number of primary amides is 1. The van der Waals surface area contributed by atoms with Crippen LogP contribution in [-0.4, -0.2) is 104 Å². The number of aliphatic hydroxyl groups is 1. The molecule has 5 rings (SSSR count). The maximum absolute atomic E-state index is 14.1. The van der Waals surface area contributed by atoms with Crippen LogP contribution in [0.3, 0.4) is 0 Å². The van der Waals surface area contributed by atoms with Crippen molar-refractivity contribution in [2.75, 3.05) is 52.7 Å². The SMILES string of the molecule is CN(C)c1cc(CNCC2CCNCC2)c(O)c2c1C[C@H]1C[C@H]3[C@H](N(C)C)C(=O)C(C(N)=O)C(=O)[C@@]3(O)C(=O)C1C2=O. The summed E-state index contributed by atoms with van der Waals surface area (Å²) >= 11 is 0. The van der Waals surface area contributed by atoms with Crippen LogP contribution < -0.4 is 21.3 Å². The fourth-order valence-corrected chi connectivity index (χ4v) is 7.74. The molecular weight excluding hydrogens is 542 g/mol. The Balaban J connectivity index is 1.53. The first-order chi connectivity index (χ1) is 19.8. The Hall–Kier alpha value is -3.19. The van der Waals surface area contributed by atoms with E-state index in [1.54, 1.807) is 14.1 Å². The van der Waals surface area contributed by atoms with Crippen LogP contribution in [0, 0.1) is 29.6 Å². The third-order valence-electron chi connectivity index (χ3n) is 9.81. The molecule has 0 bridgehead atoms. The molecule has 1 aromatic rings. The van der Waals surface area contributed by atoms with Crippen molar-refractivity contribution < 1.29 is 34.2 Å². The number of phenolic OH excluding ortho intramolecular Hbond substituents is 1. The lowest BCUT2D eigenvalue weighted by Crippen LogP contribution is -2.74. The molecule has 3 fully saturated rings. The van der Waals surface area contributed by atoms with Gasteiger partial charge in [-0.15, -0.1) is 0 Å². The van der Waals surface area contributed by atoms with Crippen molar-refractivity contribution in [3.8, 4) is 5.75 Å². The Kier molecular flexibility index (Phi) is 8.03. The van der Waals surface area contributed by atoms with Crippen LogP contribution in [0.25, 0.3) is 0 Å². The van der Waals surface area contributed by atoms with Gasteiger partial charge in [-0.25, -0.2) is 0 Å². The molecule has 4 aliphatic rings. The van der Waals surface area contributed by atoms with Crippen LogP contribution >= 0.6 is 0 Å². The van der Waals surface area contributed by atoms with E-state index in [-0.39, 0.29) is 24.2 Å². The summed E-state index contributed by atoms with van der Waals surface area (Å²) in [6.45, 7) is 3.00. The average molecular weight is 584 g/mol. The third kappa shape index (κ3) is 4.64. The molecule has 1 amide bonds. The molecule has 2 unspecified atom stereocenters. The standard InChI is InChI=1S/C30H41N5O7/c1-34(2)19-11-16(13-33-12-14-5-7-32-8-6-14)24(36)21-17(19)9-15-10-18-23(35(3)4)26(38)22(29(31)41)28(40)30(18,42)27(39)20(15)25(21)37/h11,14-15,18,20,22-23,32-33,36,42H,5-10,12-13H2,1-4H3,(H2,31,41)/t15-,18-,20?,22?,23-,30-/m0/s1. The first kappa shape index (κ1) is 30.3. The van der Waals surface area contributed by atoms with Gasteiger partial charge < -0.3 is 31.5 Å². The number of benzene rings is 1. The van der Waals surface area contributed by atoms with Crippen LogP contribution in [0.1, 0.15) is 40.7 Å². The molecule has 1 aromatic carbocycles. The van der Waals surface area contributed by atoms with Crippen LogP contribution in [-0.2, 0) is 32.1 Å². The second-order valence-electron chi connectivity index (χ2n) is 12.8. The number of phenols is 1. The minimum atomic E-state index is -2.73. The van der Waals surface area contributed by atoms with Gasteiger partial charge in [0, 0.05) is 37.8 Å². The van der Waals surface area contributed by atoms with Crippen LogP contribution in [0.4, 0.5) is 5.69 Å². The number of nitrogens with zero attached hydrogens (tertiary/aromatic N) is 2.